The van der Waals surface area contributed by atoms with Gasteiger partial charge in [0.1, 0.15) is 0 Å². The van der Waals surface area contributed by atoms with Crippen LogP contribution >= 0.6 is 0 Å². The van der Waals surface area contributed by atoms with Gasteiger partial charge in [0.25, 0.3) is 0 Å². The third-order valence-corrected chi connectivity index (χ3v) is 5.42. The van der Waals surface area contributed by atoms with Crippen molar-refractivity contribution in [3.8, 4) is 0 Å². The molecule has 0 atom stereocenters. The van der Waals surface area contributed by atoms with Crippen LogP contribution in [0.15, 0.2) is 23.1 Å². The molecule has 0 aromatic heterocycles. The summed E-state index contributed by atoms with van der Waals surface area (Å²) >= 11 is 0. The summed E-state index contributed by atoms with van der Waals surface area (Å²) in [6, 6.07) is 3.10. The zero-order chi connectivity index (χ0) is 14.9. The summed E-state index contributed by atoms with van der Waals surface area (Å²) in [6.07, 6.45) is 2.97. The number of sulfonamides is 1. The molecule has 1 aliphatic carbocycles. The van der Waals surface area contributed by atoms with Gasteiger partial charge in [-0.3, -0.25) is 10.1 Å². The van der Waals surface area contributed by atoms with Crippen LogP contribution in [0.3, 0.4) is 0 Å². The number of benzene rings is 1. The molecule has 110 valence electrons. The summed E-state index contributed by atoms with van der Waals surface area (Å²) in [5, 5.41) is 10.9. The van der Waals surface area contributed by atoms with Crippen molar-refractivity contribution in [2.24, 2.45) is 5.92 Å². The van der Waals surface area contributed by atoms with E-state index in [-0.39, 0.29) is 5.92 Å². The van der Waals surface area contributed by atoms with Gasteiger partial charge < -0.3 is 0 Å². The third kappa shape index (κ3) is 2.66. The topological polar surface area (TPSA) is 80.5 Å². The Balaban J connectivity index is 2.38. The number of para-hydroxylation sites is 1. The highest BCUT2D eigenvalue weighted by Gasteiger charge is 2.34. The Kier molecular flexibility index (Phi) is 4.05. The Labute approximate surface area is 116 Å². The Hall–Kier alpha value is -1.54. The first-order chi connectivity index (χ1) is 9.34. The van der Waals surface area contributed by atoms with E-state index < -0.39 is 31.3 Å². The minimum Gasteiger partial charge on any atom is -0.258 e. The number of nitrogens with zero attached hydrogens (tertiary/aromatic N) is 2. The van der Waals surface area contributed by atoms with Crippen LogP contribution < -0.4 is 0 Å². The van der Waals surface area contributed by atoms with Crippen molar-refractivity contribution >= 4 is 15.7 Å². The van der Waals surface area contributed by atoms with E-state index >= 15 is 0 Å². The maximum atomic E-state index is 13.5. The Morgan fingerprint density at radius 2 is 2.10 bits per heavy atom. The summed E-state index contributed by atoms with van der Waals surface area (Å²) in [4.78, 5) is 9.29. The van der Waals surface area contributed by atoms with Crippen LogP contribution in [0, 0.1) is 21.8 Å². The van der Waals surface area contributed by atoms with Crippen LogP contribution in [0.2, 0.25) is 0 Å². The van der Waals surface area contributed by atoms with Gasteiger partial charge in [0.05, 0.1) is 4.92 Å². The van der Waals surface area contributed by atoms with Crippen LogP contribution in [0.25, 0.3) is 0 Å². The molecule has 0 N–H and O–H groups in total. The zero-order valence-corrected chi connectivity index (χ0v) is 11.8. The molecular formula is C12H15FN2O4S. The van der Waals surface area contributed by atoms with E-state index in [2.05, 4.69) is 0 Å². The lowest BCUT2D eigenvalue weighted by Gasteiger charge is -2.29. The molecule has 8 heteroatoms. The van der Waals surface area contributed by atoms with E-state index in [0.717, 1.165) is 41.8 Å². The number of nitro benzene ring substituents is 1. The number of nitro groups is 1. The molecule has 1 aromatic rings. The number of hydrogen-bond donors (Lipinski definition) is 0. The second kappa shape index (κ2) is 5.45. The fraction of sp³-hybridized carbons (Fsp3) is 0.500. The summed E-state index contributed by atoms with van der Waals surface area (Å²) in [5.41, 5.74) is -0.993. The molecule has 20 heavy (non-hydrogen) atoms. The van der Waals surface area contributed by atoms with E-state index in [1.54, 1.807) is 0 Å². The van der Waals surface area contributed by atoms with Crippen LogP contribution in [-0.4, -0.2) is 31.2 Å². The van der Waals surface area contributed by atoms with E-state index in [1.165, 1.54) is 7.05 Å². The average molecular weight is 302 g/mol. The van der Waals surface area contributed by atoms with E-state index in [1.807, 2.05) is 0 Å². The molecule has 0 bridgehead atoms. The number of rotatable bonds is 5. The van der Waals surface area contributed by atoms with Crippen molar-refractivity contribution in [2.45, 2.75) is 24.2 Å². The van der Waals surface area contributed by atoms with Gasteiger partial charge in [0, 0.05) is 13.6 Å². The van der Waals surface area contributed by atoms with Gasteiger partial charge in [-0.15, -0.1) is 0 Å². The van der Waals surface area contributed by atoms with Crippen LogP contribution in [0.5, 0.6) is 0 Å². The highest BCUT2D eigenvalue weighted by Crippen LogP contribution is 2.32. The molecule has 0 aliphatic heterocycles. The normalized spacial score (nSPS) is 16.1. The molecule has 6 nitrogen and oxygen atoms in total. The quantitative estimate of drug-likeness (QED) is 0.616. The molecule has 0 radical (unpaired) electrons. The van der Waals surface area contributed by atoms with E-state index in [0.29, 0.717) is 6.54 Å². The number of hydrogen-bond acceptors (Lipinski definition) is 4. The summed E-state index contributed by atoms with van der Waals surface area (Å²) in [5.74, 6) is -0.865. The number of halogens is 1. The second-order valence-electron chi connectivity index (χ2n) is 4.93. The smallest absolute Gasteiger partial charge is 0.258 e. The van der Waals surface area contributed by atoms with Crippen molar-refractivity contribution in [2.75, 3.05) is 13.6 Å². The Morgan fingerprint density at radius 3 is 2.60 bits per heavy atom. The monoisotopic (exact) mass is 302 g/mol. The minimum atomic E-state index is -4.06. The van der Waals surface area contributed by atoms with Gasteiger partial charge in [-0.05, 0) is 30.9 Å². The van der Waals surface area contributed by atoms with Crippen LogP contribution in [-0.2, 0) is 10.0 Å². The third-order valence-electron chi connectivity index (χ3n) is 3.56. The van der Waals surface area contributed by atoms with Gasteiger partial charge in [0.2, 0.25) is 15.8 Å². The first-order valence-corrected chi connectivity index (χ1v) is 7.67. The van der Waals surface area contributed by atoms with Gasteiger partial charge in [0.15, 0.2) is 4.90 Å². The van der Waals surface area contributed by atoms with Gasteiger partial charge >= 0.3 is 5.69 Å². The maximum Gasteiger partial charge on any atom is 0.324 e. The second-order valence-corrected chi connectivity index (χ2v) is 6.94. The predicted octanol–water partition coefficient (Wildman–Crippen LogP) is 2.15. The molecule has 0 heterocycles. The summed E-state index contributed by atoms with van der Waals surface area (Å²) in [7, 11) is -2.69. The highest BCUT2D eigenvalue weighted by atomic mass is 32.2. The van der Waals surface area contributed by atoms with Gasteiger partial charge in [-0.2, -0.15) is 4.39 Å². The fourth-order valence-electron chi connectivity index (χ4n) is 2.19. The summed E-state index contributed by atoms with van der Waals surface area (Å²) in [6.45, 7) is 0.302. The zero-order valence-electron chi connectivity index (χ0n) is 11.0. The molecule has 1 aliphatic rings. The van der Waals surface area contributed by atoms with Crippen LogP contribution in [0.1, 0.15) is 19.3 Å². The SMILES string of the molecule is CN(CC1CCC1)S(=O)(=O)c1cccc(F)c1[N+](=O)[O-]. The van der Waals surface area contributed by atoms with Crippen molar-refractivity contribution in [1.29, 1.82) is 0 Å². The van der Waals surface area contributed by atoms with Crippen LogP contribution in [0.4, 0.5) is 10.1 Å². The molecule has 1 aromatic carbocycles. The minimum absolute atomic E-state index is 0.280. The maximum absolute atomic E-state index is 13.5. The standard InChI is InChI=1S/C12H15FN2O4S/c1-14(8-9-4-2-5-9)20(18,19)11-7-3-6-10(13)12(11)15(16)17/h3,6-7,9H,2,4-5,8H2,1H3. The lowest BCUT2D eigenvalue weighted by atomic mass is 9.86. The molecule has 0 spiro atoms. The lowest BCUT2D eigenvalue weighted by Crippen LogP contribution is -2.34. The molecule has 1 saturated carbocycles. The first kappa shape index (κ1) is 14.9. The lowest BCUT2D eigenvalue weighted by molar-refractivity contribution is -0.390. The van der Waals surface area contributed by atoms with Gasteiger partial charge in [-0.1, -0.05) is 12.5 Å². The molecule has 0 unspecified atom stereocenters. The Morgan fingerprint density at radius 1 is 1.45 bits per heavy atom. The van der Waals surface area contributed by atoms with Gasteiger partial charge in [-0.25, -0.2) is 12.7 Å². The molecular weight excluding hydrogens is 287 g/mol. The average Bonchev–Trinajstić information content (AvgIpc) is 2.32. The van der Waals surface area contributed by atoms with E-state index in [9.17, 15) is 22.9 Å². The highest BCUT2D eigenvalue weighted by molar-refractivity contribution is 7.89. The Bertz CT molecular complexity index is 628. The first-order valence-electron chi connectivity index (χ1n) is 6.23. The molecule has 0 saturated heterocycles. The van der Waals surface area contributed by atoms with Crippen molar-refractivity contribution in [3.05, 3.63) is 34.1 Å². The largest absolute Gasteiger partial charge is 0.324 e. The molecule has 0 amide bonds. The molecule has 1 fully saturated rings. The predicted molar refractivity (Wildman–Crippen MR) is 70.2 cm³/mol. The summed E-state index contributed by atoms with van der Waals surface area (Å²) < 4.78 is 39.3. The fourth-order valence-corrected chi connectivity index (χ4v) is 3.60. The van der Waals surface area contributed by atoms with Crippen molar-refractivity contribution < 1.29 is 17.7 Å². The van der Waals surface area contributed by atoms with Crippen molar-refractivity contribution in [1.82, 2.24) is 4.31 Å². The molecule has 2 rings (SSSR count). The van der Waals surface area contributed by atoms with E-state index in [4.69, 9.17) is 0 Å². The van der Waals surface area contributed by atoms with Crippen molar-refractivity contribution in [3.63, 3.8) is 0 Å².